The van der Waals surface area contributed by atoms with Crippen LogP contribution in [0.15, 0.2) is 42.5 Å². The van der Waals surface area contributed by atoms with Crippen LogP contribution >= 0.6 is 11.3 Å². The fourth-order valence-electron chi connectivity index (χ4n) is 3.77. The lowest BCUT2D eigenvalue weighted by atomic mass is 10.00. The molecule has 4 rings (SSSR count). The predicted molar refractivity (Wildman–Crippen MR) is 117 cm³/mol. The van der Waals surface area contributed by atoms with Crippen LogP contribution in [0.5, 0.6) is 0 Å². The minimum atomic E-state index is -0.209. The minimum Gasteiger partial charge on any atom is -0.369 e. The first-order chi connectivity index (χ1) is 13.6. The number of nitrogens with one attached hydrogen (secondary N) is 1. The van der Waals surface area contributed by atoms with Gasteiger partial charge in [0.15, 0.2) is 5.13 Å². The monoisotopic (exact) mass is 398 g/mol. The van der Waals surface area contributed by atoms with Gasteiger partial charge >= 0.3 is 0 Å². The average molecular weight is 399 g/mol. The molecule has 0 bridgehead atoms. The Balaban J connectivity index is 1.28. The van der Waals surface area contributed by atoms with Crippen LogP contribution in [-0.2, 0) is 0 Å². The third-order valence-electron chi connectivity index (χ3n) is 5.33. The summed E-state index contributed by atoms with van der Waals surface area (Å²) in [6.45, 7) is 10.6. The highest BCUT2D eigenvalue weighted by Gasteiger charge is 2.19. The maximum Gasteiger partial charge on any atom is 0.183 e. The van der Waals surface area contributed by atoms with Crippen LogP contribution in [0, 0.1) is 5.82 Å². The molecule has 1 aromatic heterocycles. The van der Waals surface area contributed by atoms with Gasteiger partial charge in [-0.15, -0.1) is 0 Å². The molecule has 1 N–H and O–H groups in total. The molecule has 1 fully saturated rings. The second-order valence-corrected chi connectivity index (χ2v) is 8.63. The zero-order valence-electron chi connectivity index (χ0n) is 16.5. The lowest BCUT2D eigenvalue weighted by Crippen LogP contribution is -2.47. The Kier molecular flexibility index (Phi) is 5.78. The van der Waals surface area contributed by atoms with E-state index in [4.69, 9.17) is 0 Å². The SMILES string of the molecule is CC(C)c1ccccc1N1CCN(CCNc2nc3ccc(F)cc3s2)CC1. The van der Waals surface area contributed by atoms with Crippen LogP contribution in [0.25, 0.3) is 10.2 Å². The van der Waals surface area contributed by atoms with Gasteiger partial charge in [0, 0.05) is 45.0 Å². The normalized spacial score (nSPS) is 15.5. The number of fused-ring (bicyclic) bond motifs is 1. The number of piperazine rings is 1. The molecule has 2 aromatic carbocycles. The molecular formula is C22H27FN4S. The Bertz CT molecular complexity index is 931. The molecule has 0 amide bonds. The van der Waals surface area contributed by atoms with Gasteiger partial charge in [0.1, 0.15) is 5.82 Å². The first-order valence-corrected chi connectivity index (χ1v) is 10.8. The summed E-state index contributed by atoms with van der Waals surface area (Å²) in [6.07, 6.45) is 0. The number of aromatic nitrogens is 1. The van der Waals surface area contributed by atoms with Crippen LogP contribution < -0.4 is 10.2 Å². The van der Waals surface area contributed by atoms with E-state index in [1.165, 1.54) is 28.7 Å². The molecule has 1 aliphatic rings. The Morgan fingerprint density at radius 2 is 1.89 bits per heavy atom. The maximum atomic E-state index is 13.3. The molecule has 0 aliphatic carbocycles. The quantitative estimate of drug-likeness (QED) is 0.647. The van der Waals surface area contributed by atoms with E-state index < -0.39 is 0 Å². The molecule has 3 aromatic rings. The second kappa shape index (κ2) is 8.45. The predicted octanol–water partition coefficient (Wildman–Crippen LogP) is 4.79. The summed E-state index contributed by atoms with van der Waals surface area (Å²) < 4.78 is 14.2. The molecule has 0 atom stereocenters. The van der Waals surface area contributed by atoms with E-state index >= 15 is 0 Å². The molecule has 0 unspecified atom stereocenters. The molecule has 1 aliphatic heterocycles. The summed E-state index contributed by atoms with van der Waals surface area (Å²) in [6, 6.07) is 13.5. The third kappa shape index (κ3) is 4.28. The van der Waals surface area contributed by atoms with Crippen LogP contribution in [0.1, 0.15) is 25.3 Å². The number of nitrogens with zero attached hydrogens (tertiary/aromatic N) is 3. The Hall–Kier alpha value is -2.18. The van der Waals surface area contributed by atoms with Crippen molar-refractivity contribution < 1.29 is 4.39 Å². The Labute approximate surface area is 170 Å². The largest absolute Gasteiger partial charge is 0.369 e. The summed E-state index contributed by atoms with van der Waals surface area (Å²) in [5.74, 6) is 0.334. The Morgan fingerprint density at radius 3 is 2.68 bits per heavy atom. The molecule has 28 heavy (non-hydrogen) atoms. The fourth-order valence-corrected chi connectivity index (χ4v) is 4.69. The number of hydrogen-bond acceptors (Lipinski definition) is 5. The number of benzene rings is 2. The Morgan fingerprint density at radius 1 is 1.11 bits per heavy atom. The molecule has 6 heteroatoms. The molecule has 0 saturated carbocycles. The van der Waals surface area contributed by atoms with E-state index in [0.717, 1.165) is 54.6 Å². The van der Waals surface area contributed by atoms with Crippen molar-refractivity contribution in [3.63, 3.8) is 0 Å². The number of anilines is 2. The van der Waals surface area contributed by atoms with Crippen LogP contribution in [0.4, 0.5) is 15.2 Å². The zero-order valence-corrected chi connectivity index (χ0v) is 17.3. The maximum absolute atomic E-state index is 13.3. The van der Waals surface area contributed by atoms with Gasteiger partial charge in [-0.3, -0.25) is 4.90 Å². The summed E-state index contributed by atoms with van der Waals surface area (Å²) >= 11 is 1.51. The van der Waals surface area contributed by atoms with Crippen molar-refractivity contribution in [2.75, 3.05) is 49.5 Å². The lowest BCUT2D eigenvalue weighted by Gasteiger charge is -2.37. The highest BCUT2D eigenvalue weighted by Crippen LogP contribution is 2.28. The van der Waals surface area contributed by atoms with Gasteiger partial charge in [0.2, 0.25) is 0 Å². The van der Waals surface area contributed by atoms with Crippen molar-refractivity contribution in [2.45, 2.75) is 19.8 Å². The first kappa shape index (κ1) is 19.2. The van der Waals surface area contributed by atoms with Gasteiger partial charge in [0.25, 0.3) is 0 Å². The van der Waals surface area contributed by atoms with E-state index in [2.05, 4.69) is 58.2 Å². The van der Waals surface area contributed by atoms with Gasteiger partial charge < -0.3 is 10.2 Å². The molecular weight excluding hydrogens is 371 g/mol. The van der Waals surface area contributed by atoms with Crippen LogP contribution in [-0.4, -0.2) is 49.2 Å². The fraction of sp³-hybridized carbons (Fsp3) is 0.409. The van der Waals surface area contributed by atoms with Crippen molar-refractivity contribution in [1.82, 2.24) is 9.88 Å². The highest BCUT2D eigenvalue weighted by molar-refractivity contribution is 7.22. The van der Waals surface area contributed by atoms with Crippen molar-refractivity contribution in [3.8, 4) is 0 Å². The van der Waals surface area contributed by atoms with Crippen molar-refractivity contribution >= 4 is 32.4 Å². The van der Waals surface area contributed by atoms with E-state index in [1.807, 2.05) is 0 Å². The van der Waals surface area contributed by atoms with Crippen molar-refractivity contribution in [3.05, 3.63) is 53.8 Å². The average Bonchev–Trinajstić information content (AvgIpc) is 3.10. The van der Waals surface area contributed by atoms with Crippen LogP contribution in [0.2, 0.25) is 0 Å². The smallest absolute Gasteiger partial charge is 0.183 e. The summed E-state index contributed by atoms with van der Waals surface area (Å²) in [7, 11) is 0. The number of rotatable bonds is 6. The number of hydrogen-bond donors (Lipinski definition) is 1. The molecule has 2 heterocycles. The second-order valence-electron chi connectivity index (χ2n) is 7.60. The van der Waals surface area contributed by atoms with Crippen molar-refractivity contribution in [2.24, 2.45) is 0 Å². The standard InChI is InChI=1S/C22H27FN4S/c1-16(2)18-5-3-4-6-20(18)27-13-11-26(12-14-27)10-9-24-22-25-19-8-7-17(23)15-21(19)28-22/h3-8,15-16H,9-14H2,1-2H3,(H,24,25). The van der Waals surface area contributed by atoms with E-state index in [1.54, 1.807) is 12.1 Å². The summed E-state index contributed by atoms with van der Waals surface area (Å²) in [4.78, 5) is 9.54. The third-order valence-corrected chi connectivity index (χ3v) is 6.30. The van der Waals surface area contributed by atoms with E-state index in [0.29, 0.717) is 5.92 Å². The number of thiazole rings is 1. The van der Waals surface area contributed by atoms with Gasteiger partial charge in [-0.1, -0.05) is 43.4 Å². The molecule has 0 radical (unpaired) electrons. The number of halogens is 1. The molecule has 0 spiro atoms. The highest BCUT2D eigenvalue weighted by atomic mass is 32.1. The minimum absolute atomic E-state index is 0.209. The summed E-state index contributed by atoms with van der Waals surface area (Å²) in [5, 5.41) is 4.26. The van der Waals surface area contributed by atoms with Crippen molar-refractivity contribution in [1.29, 1.82) is 0 Å². The zero-order chi connectivity index (χ0) is 19.5. The van der Waals surface area contributed by atoms with E-state index in [9.17, 15) is 4.39 Å². The van der Waals surface area contributed by atoms with Crippen LogP contribution in [0.3, 0.4) is 0 Å². The van der Waals surface area contributed by atoms with Gasteiger partial charge in [-0.05, 0) is 35.7 Å². The van der Waals surface area contributed by atoms with E-state index in [-0.39, 0.29) is 5.82 Å². The first-order valence-electron chi connectivity index (χ1n) is 9.96. The number of para-hydroxylation sites is 1. The molecule has 148 valence electrons. The van der Waals surface area contributed by atoms with Gasteiger partial charge in [-0.25, -0.2) is 9.37 Å². The molecule has 4 nitrogen and oxygen atoms in total. The van der Waals surface area contributed by atoms with Gasteiger partial charge in [0.05, 0.1) is 10.2 Å². The summed E-state index contributed by atoms with van der Waals surface area (Å²) in [5.41, 5.74) is 3.67. The van der Waals surface area contributed by atoms with Gasteiger partial charge in [-0.2, -0.15) is 0 Å². The molecule has 1 saturated heterocycles. The lowest BCUT2D eigenvalue weighted by molar-refractivity contribution is 0.267. The topological polar surface area (TPSA) is 31.4 Å².